The van der Waals surface area contributed by atoms with Crippen LogP contribution in [-0.2, 0) is 17.8 Å². The smallest absolute Gasteiger partial charge is 0.322 e. The molecule has 0 bridgehead atoms. The highest BCUT2D eigenvalue weighted by Gasteiger charge is 2.39. The van der Waals surface area contributed by atoms with E-state index >= 15 is 0 Å². The quantitative estimate of drug-likeness (QED) is 0.453. The van der Waals surface area contributed by atoms with Crippen molar-refractivity contribution >= 4 is 17.7 Å². The van der Waals surface area contributed by atoms with Gasteiger partial charge < -0.3 is 4.90 Å². The maximum absolute atomic E-state index is 13.2. The highest BCUT2D eigenvalue weighted by atomic mass is 32.2. The van der Waals surface area contributed by atoms with Gasteiger partial charge in [-0.2, -0.15) is 26.3 Å². The fourth-order valence-corrected chi connectivity index (χ4v) is 4.60. The van der Waals surface area contributed by atoms with E-state index in [1.165, 1.54) is 16.7 Å². The molecular formula is C22H21F6NOS. The van der Waals surface area contributed by atoms with Gasteiger partial charge in [0.25, 0.3) is 5.91 Å². The Morgan fingerprint density at radius 1 is 0.871 bits per heavy atom. The number of benzene rings is 2. The second kappa shape index (κ2) is 8.07. The standard InChI is InChI=1S/C22H21F6NOS/c1-20(2,3)15-6-4-13(5-7-15)19-29(8-9-31-19)18(30)14-10-16(21(23,24)25)12-17(11-14)22(26,27)28/h4-7,10-12,19H,8-9H2,1-3H3. The van der Waals surface area contributed by atoms with Crippen LogP contribution in [0.5, 0.6) is 0 Å². The van der Waals surface area contributed by atoms with Crippen molar-refractivity contribution in [2.45, 2.75) is 43.9 Å². The number of hydrogen-bond acceptors (Lipinski definition) is 2. The lowest BCUT2D eigenvalue weighted by Gasteiger charge is -2.26. The number of halogens is 6. The number of rotatable bonds is 2. The van der Waals surface area contributed by atoms with Crippen molar-refractivity contribution in [3.8, 4) is 0 Å². The lowest BCUT2D eigenvalue weighted by Crippen LogP contribution is -2.31. The van der Waals surface area contributed by atoms with Gasteiger partial charge in [0, 0.05) is 17.9 Å². The molecule has 3 rings (SSSR count). The SMILES string of the molecule is CC(C)(C)c1ccc(C2SCCN2C(=O)c2cc(C(F)(F)F)cc(C(F)(F)F)c2)cc1. The van der Waals surface area contributed by atoms with Crippen molar-refractivity contribution in [2.75, 3.05) is 12.3 Å². The molecule has 168 valence electrons. The number of alkyl halides is 6. The maximum Gasteiger partial charge on any atom is 0.416 e. The number of carbonyl (C=O) groups excluding carboxylic acids is 1. The van der Waals surface area contributed by atoms with Gasteiger partial charge in [-0.1, -0.05) is 45.0 Å². The minimum Gasteiger partial charge on any atom is -0.322 e. The lowest BCUT2D eigenvalue weighted by molar-refractivity contribution is -0.143. The molecule has 0 aliphatic carbocycles. The summed E-state index contributed by atoms with van der Waals surface area (Å²) in [5.74, 6) is -0.325. The number of thioether (sulfide) groups is 1. The average Bonchev–Trinajstić information content (AvgIpc) is 3.15. The fourth-order valence-electron chi connectivity index (χ4n) is 3.35. The summed E-state index contributed by atoms with van der Waals surface area (Å²) in [6.45, 7) is 6.38. The van der Waals surface area contributed by atoms with Gasteiger partial charge in [-0.05, 0) is 34.7 Å². The second-order valence-corrected chi connectivity index (χ2v) is 9.58. The Morgan fingerprint density at radius 3 is 1.84 bits per heavy atom. The molecule has 1 atom stereocenters. The molecule has 2 aromatic carbocycles. The molecule has 9 heteroatoms. The molecule has 0 saturated carbocycles. The molecule has 31 heavy (non-hydrogen) atoms. The van der Waals surface area contributed by atoms with Crippen LogP contribution >= 0.6 is 11.8 Å². The Kier molecular flexibility index (Phi) is 6.12. The molecule has 1 saturated heterocycles. The lowest BCUT2D eigenvalue weighted by atomic mass is 9.86. The van der Waals surface area contributed by atoms with Crippen LogP contribution in [0.2, 0.25) is 0 Å². The first kappa shape index (κ1) is 23.5. The second-order valence-electron chi connectivity index (χ2n) is 8.39. The Labute approximate surface area is 180 Å². The molecule has 2 nitrogen and oxygen atoms in total. The number of hydrogen-bond donors (Lipinski definition) is 0. The van der Waals surface area contributed by atoms with Gasteiger partial charge in [-0.3, -0.25) is 4.79 Å². The van der Waals surface area contributed by atoms with Crippen molar-refractivity contribution in [1.29, 1.82) is 0 Å². The third-order valence-corrected chi connectivity index (χ3v) is 6.31. The van der Waals surface area contributed by atoms with Crippen LogP contribution < -0.4 is 0 Å². The molecule has 0 aromatic heterocycles. The van der Waals surface area contributed by atoms with Crippen molar-refractivity contribution in [2.24, 2.45) is 0 Å². The molecule has 0 N–H and O–H groups in total. The predicted octanol–water partition coefficient (Wildman–Crippen LogP) is 6.91. The van der Waals surface area contributed by atoms with Crippen LogP contribution in [-0.4, -0.2) is 23.1 Å². The number of amides is 1. The minimum absolute atomic E-state index is 0.0260. The molecule has 1 heterocycles. The zero-order chi connectivity index (χ0) is 23.2. The van der Waals surface area contributed by atoms with Gasteiger partial charge in [0.1, 0.15) is 5.37 Å². The summed E-state index contributed by atoms with van der Waals surface area (Å²) < 4.78 is 78.9. The summed E-state index contributed by atoms with van der Waals surface area (Å²) in [5.41, 5.74) is -1.85. The van der Waals surface area contributed by atoms with Crippen LogP contribution in [0.1, 0.15) is 58.8 Å². The highest BCUT2D eigenvalue weighted by Crippen LogP contribution is 2.41. The van der Waals surface area contributed by atoms with Crippen LogP contribution in [0.3, 0.4) is 0 Å². The summed E-state index contributed by atoms with van der Waals surface area (Å²) in [4.78, 5) is 14.3. The first-order chi connectivity index (χ1) is 14.2. The van der Waals surface area contributed by atoms with Crippen molar-refractivity contribution < 1.29 is 31.1 Å². The molecule has 2 aromatic rings. The minimum atomic E-state index is -5.00. The topological polar surface area (TPSA) is 20.3 Å². The van der Waals surface area contributed by atoms with E-state index in [9.17, 15) is 31.1 Å². The van der Waals surface area contributed by atoms with Gasteiger partial charge >= 0.3 is 12.4 Å². The summed E-state index contributed by atoms with van der Waals surface area (Å²) >= 11 is 1.42. The zero-order valence-electron chi connectivity index (χ0n) is 17.1. The first-order valence-electron chi connectivity index (χ1n) is 9.50. The number of carbonyl (C=O) groups is 1. The Balaban J connectivity index is 1.96. The van der Waals surface area contributed by atoms with Gasteiger partial charge in [-0.25, -0.2) is 0 Å². The van der Waals surface area contributed by atoms with Crippen molar-refractivity contribution in [3.63, 3.8) is 0 Å². The summed E-state index contributed by atoms with van der Waals surface area (Å²) in [6.07, 6.45) is -10.0. The van der Waals surface area contributed by atoms with E-state index in [1.54, 1.807) is 0 Å². The van der Waals surface area contributed by atoms with Crippen LogP contribution in [0, 0.1) is 0 Å². The molecule has 1 amide bonds. The van der Waals surface area contributed by atoms with E-state index in [-0.39, 0.29) is 18.0 Å². The molecule has 0 spiro atoms. The van der Waals surface area contributed by atoms with Gasteiger partial charge in [0.2, 0.25) is 0 Å². The van der Waals surface area contributed by atoms with Crippen LogP contribution in [0.15, 0.2) is 42.5 Å². The summed E-state index contributed by atoms with van der Waals surface area (Å²) in [5, 5.41) is -0.481. The predicted molar refractivity (Wildman–Crippen MR) is 108 cm³/mol. The third kappa shape index (κ3) is 5.19. The molecule has 1 aliphatic rings. The van der Waals surface area contributed by atoms with Crippen molar-refractivity contribution in [1.82, 2.24) is 4.90 Å². The van der Waals surface area contributed by atoms with Gasteiger partial charge in [0.15, 0.2) is 0 Å². The molecule has 0 radical (unpaired) electrons. The van der Waals surface area contributed by atoms with Crippen LogP contribution in [0.25, 0.3) is 0 Å². The number of nitrogens with zero attached hydrogens (tertiary/aromatic N) is 1. The van der Waals surface area contributed by atoms with E-state index in [0.717, 1.165) is 11.1 Å². The molecular weight excluding hydrogens is 440 g/mol. The summed E-state index contributed by atoms with van der Waals surface area (Å²) in [6, 6.07) is 8.53. The van der Waals surface area contributed by atoms with Crippen LogP contribution in [0.4, 0.5) is 26.3 Å². The third-order valence-electron chi connectivity index (χ3n) is 5.05. The average molecular weight is 461 g/mol. The van der Waals surface area contributed by atoms with E-state index in [2.05, 4.69) is 0 Å². The highest BCUT2D eigenvalue weighted by molar-refractivity contribution is 7.99. The Hall–Kier alpha value is -2.16. The fraction of sp³-hybridized carbons (Fsp3) is 0.409. The first-order valence-corrected chi connectivity index (χ1v) is 10.6. The normalized spacial score (nSPS) is 17.8. The van der Waals surface area contributed by atoms with Gasteiger partial charge in [0.05, 0.1) is 11.1 Å². The van der Waals surface area contributed by atoms with E-state index in [0.29, 0.717) is 17.9 Å². The molecule has 1 unspecified atom stereocenters. The van der Waals surface area contributed by atoms with E-state index < -0.39 is 40.3 Å². The zero-order valence-corrected chi connectivity index (χ0v) is 17.9. The monoisotopic (exact) mass is 461 g/mol. The summed E-state index contributed by atoms with van der Waals surface area (Å²) in [7, 11) is 0. The van der Waals surface area contributed by atoms with E-state index in [1.807, 2.05) is 45.0 Å². The maximum atomic E-state index is 13.2. The Bertz CT molecular complexity index is 928. The van der Waals surface area contributed by atoms with Gasteiger partial charge in [-0.15, -0.1) is 11.8 Å². The molecule has 1 fully saturated rings. The van der Waals surface area contributed by atoms with E-state index in [4.69, 9.17) is 0 Å². The Morgan fingerprint density at radius 2 is 1.39 bits per heavy atom. The largest absolute Gasteiger partial charge is 0.416 e. The van der Waals surface area contributed by atoms with Crippen molar-refractivity contribution in [3.05, 3.63) is 70.3 Å². The molecule has 1 aliphatic heterocycles.